The summed E-state index contributed by atoms with van der Waals surface area (Å²) in [7, 11) is 0. The molecule has 1 aromatic carbocycles. The Morgan fingerprint density at radius 2 is 1.92 bits per heavy atom. The number of amides is 3. The zero-order valence-corrected chi connectivity index (χ0v) is 14.2. The third-order valence-corrected chi connectivity index (χ3v) is 4.00. The van der Waals surface area contributed by atoms with Gasteiger partial charge in [0, 0.05) is 13.0 Å². The number of nitrogens with one attached hydrogen (secondary N) is 2. The maximum atomic E-state index is 11.8. The minimum Gasteiger partial charge on any atom is -0.445 e. The first-order valence-electron chi connectivity index (χ1n) is 8.58. The fourth-order valence-electron chi connectivity index (χ4n) is 2.39. The first-order valence-corrected chi connectivity index (χ1v) is 8.58. The lowest BCUT2D eigenvalue weighted by Gasteiger charge is -2.15. The first kappa shape index (κ1) is 18.8. The number of primary amides is 1. The molecule has 0 aromatic heterocycles. The Labute approximate surface area is 147 Å². The summed E-state index contributed by atoms with van der Waals surface area (Å²) < 4.78 is 5.09. The summed E-state index contributed by atoms with van der Waals surface area (Å²) in [5, 5.41) is 5.28. The maximum Gasteiger partial charge on any atom is 0.407 e. The largest absolute Gasteiger partial charge is 0.445 e. The normalized spacial score (nSPS) is 14.4. The molecule has 1 aromatic rings. The molecule has 0 heterocycles. The number of carbonyl (C=O) groups excluding carboxylic acids is 3. The van der Waals surface area contributed by atoms with Crippen molar-refractivity contribution in [2.45, 2.75) is 44.8 Å². The molecule has 1 unspecified atom stereocenters. The van der Waals surface area contributed by atoms with Crippen LogP contribution in [0.5, 0.6) is 0 Å². The van der Waals surface area contributed by atoms with Gasteiger partial charge in [0.25, 0.3) is 0 Å². The van der Waals surface area contributed by atoms with Gasteiger partial charge in [-0.1, -0.05) is 30.3 Å². The molecule has 7 heteroatoms. The van der Waals surface area contributed by atoms with Gasteiger partial charge in [-0.2, -0.15) is 0 Å². The molecule has 25 heavy (non-hydrogen) atoms. The van der Waals surface area contributed by atoms with Crippen molar-refractivity contribution in [2.75, 3.05) is 6.54 Å². The minimum absolute atomic E-state index is 0.137. The van der Waals surface area contributed by atoms with Crippen molar-refractivity contribution in [1.82, 2.24) is 10.6 Å². The lowest BCUT2D eigenvalue weighted by molar-refractivity contribution is -0.127. The Balaban J connectivity index is 1.59. The average Bonchev–Trinajstić information content (AvgIpc) is 3.40. The van der Waals surface area contributed by atoms with Crippen molar-refractivity contribution in [3.8, 4) is 0 Å². The van der Waals surface area contributed by atoms with Crippen LogP contribution in [-0.2, 0) is 20.9 Å². The fraction of sp³-hybridized carbons (Fsp3) is 0.500. The Kier molecular flexibility index (Phi) is 7.25. The van der Waals surface area contributed by atoms with Gasteiger partial charge in [-0.15, -0.1) is 0 Å². The minimum atomic E-state index is -0.701. The Morgan fingerprint density at radius 1 is 1.20 bits per heavy atom. The number of benzene rings is 1. The van der Waals surface area contributed by atoms with E-state index in [2.05, 4.69) is 10.6 Å². The number of alkyl carbamates (subject to hydrolysis) is 1. The van der Waals surface area contributed by atoms with Crippen molar-refractivity contribution in [3.63, 3.8) is 0 Å². The molecule has 4 N–H and O–H groups in total. The summed E-state index contributed by atoms with van der Waals surface area (Å²) in [5.74, 6) is -0.244. The highest BCUT2D eigenvalue weighted by atomic mass is 16.5. The van der Waals surface area contributed by atoms with E-state index in [-0.39, 0.29) is 12.5 Å². The van der Waals surface area contributed by atoms with Gasteiger partial charge < -0.3 is 21.1 Å². The van der Waals surface area contributed by atoms with Crippen LogP contribution in [0.2, 0.25) is 0 Å². The Morgan fingerprint density at radius 3 is 2.56 bits per heavy atom. The third-order valence-electron chi connectivity index (χ3n) is 4.00. The molecule has 1 fully saturated rings. The molecule has 3 amide bonds. The van der Waals surface area contributed by atoms with E-state index in [1.165, 1.54) is 0 Å². The molecule has 1 aliphatic carbocycles. The SMILES string of the molecule is NC(=O)C(CCCNC(=O)OCc1ccccc1)NC(=O)CC1CC1. The summed E-state index contributed by atoms with van der Waals surface area (Å²) in [4.78, 5) is 34.8. The highest BCUT2D eigenvalue weighted by Crippen LogP contribution is 2.32. The van der Waals surface area contributed by atoms with Crippen LogP contribution < -0.4 is 16.4 Å². The second kappa shape index (κ2) is 9.66. The summed E-state index contributed by atoms with van der Waals surface area (Å²) in [5.41, 5.74) is 6.23. The molecule has 1 atom stereocenters. The zero-order chi connectivity index (χ0) is 18.1. The van der Waals surface area contributed by atoms with E-state index in [9.17, 15) is 14.4 Å². The molecule has 0 radical (unpaired) electrons. The molecule has 0 saturated heterocycles. The molecule has 0 spiro atoms. The van der Waals surface area contributed by atoms with Crippen LogP contribution in [0.15, 0.2) is 30.3 Å². The van der Waals surface area contributed by atoms with Gasteiger partial charge in [-0.3, -0.25) is 9.59 Å². The van der Waals surface area contributed by atoms with Gasteiger partial charge >= 0.3 is 6.09 Å². The van der Waals surface area contributed by atoms with Gasteiger partial charge in [-0.25, -0.2) is 4.79 Å². The first-order chi connectivity index (χ1) is 12.0. The quantitative estimate of drug-likeness (QED) is 0.556. The predicted octanol–water partition coefficient (Wildman–Crippen LogP) is 1.46. The number of hydrogen-bond donors (Lipinski definition) is 3. The number of hydrogen-bond acceptors (Lipinski definition) is 4. The molecule has 0 aliphatic heterocycles. The van der Waals surface area contributed by atoms with Gasteiger partial charge in [0.1, 0.15) is 12.6 Å². The van der Waals surface area contributed by atoms with Crippen molar-refractivity contribution < 1.29 is 19.1 Å². The van der Waals surface area contributed by atoms with E-state index < -0.39 is 18.0 Å². The summed E-state index contributed by atoms with van der Waals surface area (Å²) in [6.45, 7) is 0.545. The molecular formula is C18H25N3O4. The molecule has 7 nitrogen and oxygen atoms in total. The Bertz CT molecular complexity index is 587. The summed E-state index contributed by atoms with van der Waals surface area (Å²) in [6.07, 6.45) is 2.97. The molecule has 1 saturated carbocycles. The van der Waals surface area contributed by atoms with Gasteiger partial charge in [0.05, 0.1) is 0 Å². The number of nitrogens with two attached hydrogens (primary N) is 1. The predicted molar refractivity (Wildman–Crippen MR) is 92.3 cm³/mol. The van der Waals surface area contributed by atoms with Crippen LogP contribution in [0, 0.1) is 5.92 Å². The molecule has 136 valence electrons. The number of carbonyl (C=O) groups is 3. The van der Waals surface area contributed by atoms with E-state index >= 15 is 0 Å². The standard InChI is InChI=1S/C18H25N3O4/c19-17(23)15(21-16(22)11-13-8-9-13)7-4-10-20-18(24)25-12-14-5-2-1-3-6-14/h1-3,5-6,13,15H,4,7-12H2,(H2,19,23)(H,20,24)(H,21,22). The zero-order valence-electron chi connectivity index (χ0n) is 14.2. The van der Waals surface area contributed by atoms with E-state index in [0.717, 1.165) is 18.4 Å². The summed E-state index contributed by atoms with van der Waals surface area (Å²) >= 11 is 0. The smallest absolute Gasteiger partial charge is 0.407 e. The van der Waals surface area contributed by atoms with E-state index in [4.69, 9.17) is 10.5 Å². The van der Waals surface area contributed by atoms with Gasteiger partial charge in [0.2, 0.25) is 11.8 Å². The molecular weight excluding hydrogens is 322 g/mol. The van der Waals surface area contributed by atoms with Crippen LogP contribution in [-0.4, -0.2) is 30.5 Å². The molecule has 2 rings (SSSR count). The van der Waals surface area contributed by atoms with Crippen molar-refractivity contribution in [2.24, 2.45) is 11.7 Å². The monoisotopic (exact) mass is 347 g/mol. The highest BCUT2D eigenvalue weighted by molar-refractivity contribution is 5.86. The molecule has 1 aliphatic rings. The van der Waals surface area contributed by atoms with Crippen LogP contribution in [0.3, 0.4) is 0 Å². The van der Waals surface area contributed by atoms with Gasteiger partial charge in [-0.05, 0) is 37.2 Å². The van der Waals surface area contributed by atoms with E-state index in [0.29, 0.717) is 31.7 Å². The van der Waals surface area contributed by atoms with Crippen LogP contribution in [0.1, 0.15) is 37.7 Å². The van der Waals surface area contributed by atoms with E-state index in [1.807, 2.05) is 30.3 Å². The second-order valence-electron chi connectivity index (χ2n) is 6.30. The maximum absolute atomic E-state index is 11.8. The van der Waals surface area contributed by atoms with Crippen LogP contribution in [0.25, 0.3) is 0 Å². The lowest BCUT2D eigenvalue weighted by atomic mass is 10.1. The van der Waals surface area contributed by atoms with Crippen LogP contribution >= 0.6 is 0 Å². The lowest BCUT2D eigenvalue weighted by Crippen LogP contribution is -2.44. The topological polar surface area (TPSA) is 111 Å². The third kappa shape index (κ3) is 7.69. The second-order valence-corrected chi connectivity index (χ2v) is 6.30. The highest BCUT2D eigenvalue weighted by Gasteiger charge is 2.26. The summed E-state index contributed by atoms with van der Waals surface area (Å²) in [6, 6.07) is 8.68. The number of rotatable bonds is 10. The van der Waals surface area contributed by atoms with Crippen molar-refractivity contribution >= 4 is 17.9 Å². The Hall–Kier alpha value is -2.57. The van der Waals surface area contributed by atoms with E-state index in [1.54, 1.807) is 0 Å². The van der Waals surface area contributed by atoms with Crippen molar-refractivity contribution in [1.29, 1.82) is 0 Å². The van der Waals surface area contributed by atoms with Crippen molar-refractivity contribution in [3.05, 3.63) is 35.9 Å². The van der Waals surface area contributed by atoms with Crippen LogP contribution in [0.4, 0.5) is 4.79 Å². The molecule has 0 bridgehead atoms. The van der Waals surface area contributed by atoms with Gasteiger partial charge in [0.15, 0.2) is 0 Å². The number of ether oxygens (including phenoxy) is 1. The fourth-order valence-corrected chi connectivity index (χ4v) is 2.39. The average molecular weight is 347 g/mol.